The molecule has 0 spiro atoms. The summed E-state index contributed by atoms with van der Waals surface area (Å²) in [5.74, 6) is -0.296. The number of aryl methyl sites for hydroxylation is 1. The summed E-state index contributed by atoms with van der Waals surface area (Å²) in [7, 11) is 0. The average Bonchev–Trinajstić information content (AvgIpc) is 2.60. The van der Waals surface area contributed by atoms with E-state index in [0.29, 0.717) is 6.42 Å². The first-order chi connectivity index (χ1) is 10.3. The molecule has 1 aromatic rings. The molecule has 116 valence electrons. The van der Waals surface area contributed by atoms with Crippen LogP contribution < -0.4 is 5.32 Å². The van der Waals surface area contributed by atoms with Crippen LogP contribution in [-0.4, -0.2) is 22.3 Å². The van der Waals surface area contributed by atoms with Gasteiger partial charge in [0.1, 0.15) is 5.54 Å². The Morgan fingerprint density at radius 2 is 2.00 bits per heavy atom. The first kappa shape index (κ1) is 16.0. The number of nitrogens with zero attached hydrogens (tertiary/aromatic N) is 1. The quantitative estimate of drug-likeness (QED) is 0.929. The maximum atomic E-state index is 12.7. The molecule has 4 heteroatoms. The number of benzene rings is 1. The Hall–Kier alpha value is -2.36. The van der Waals surface area contributed by atoms with Gasteiger partial charge in [-0.25, -0.2) is 0 Å². The lowest BCUT2D eigenvalue weighted by Gasteiger charge is -2.34. The number of nitrogens with one attached hydrogen (secondary N) is 1. The van der Waals surface area contributed by atoms with Crippen molar-refractivity contribution in [2.45, 2.75) is 39.7 Å². The monoisotopic (exact) mass is 298 g/mol. The summed E-state index contributed by atoms with van der Waals surface area (Å²) in [4.78, 5) is 26.4. The predicted octanol–water partition coefficient (Wildman–Crippen LogP) is 3.40. The van der Waals surface area contributed by atoms with Crippen LogP contribution in [0.3, 0.4) is 0 Å². The number of anilines is 1. The van der Waals surface area contributed by atoms with Crippen molar-refractivity contribution in [1.82, 2.24) is 4.90 Å². The number of carbonyl (C=O) groups is 2. The molecule has 1 N–H and O–H groups in total. The van der Waals surface area contributed by atoms with Gasteiger partial charge in [-0.1, -0.05) is 24.3 Å². The van der Waals surface area contributed by atoms with Crippen LogP contribution >= 0.6 is 0 Å². The minimum atomic E-state index is -0.964. The third-order valence-corrected chi connectivity index (χ3v) is 3.71. The van der Waals surface area contributed by atoms with Gasteiger partial charge in [0.25, 0.3) is 0 Å². The third kappa shape index (κ3) is 3.45. The van der Waals surface area contributed by atoms with Crippen molar-refractivity contribution in [1.29, 1.82) is 0 Å². The molecule has 1 aliphatic heterocycles. The molecule has 0 aromatic heterocycles. The van der Waals surface area contributed by atoms with Crippen LogP contribution in [0.25, 0.3) is 0 Å². The highest BCUT2D eigenvalue weighted by atomic mass is 16.2. The topological polar surface area (TPSA) is 49.4 Å². The summed E-state index contributed by atoms with van der Waals surface area (Å²) in [5.41, 5.74) is 1.79. The first-order valence-corrected chi connectivity index (χ1v) is 7.36. The highest BCUT2D eigenvalue weighted by molar-refractivity contribution is 6.00. The molecular formula is C18H22N2O2. The van der Waals surface area contributed by atoms with E-state index < -0.39 is 5.54 Å². The normalized spacial score (nSPS) is 15.4. The van der Waals surface area contributed by atoms with Gasteiger partial charge in [-0.05, 0) is 51.0 Å². The lowest BCUT2D eigenvalue weighted by atomic mass is 10.0. The maximum Gasteiger partial charge on any atom is 0.250 e. The molecule has 4 nitrogen and oxygen atoms in total. The van der Waals surface area contributed by atoms with Gasteiger partial charge in [-0.15, -0.1) is 0 Å². The number of hydrogen-bond acceptors (Lipinski definition) is 2. The van der Waals surface area contributed by atoms with E-state index in [0.717, 1.165) is 16.8 Å². The van der Waals surface area contributed by atoms with Crippen molar-refractivity contribution in [2.75, 3.05) is 5.32 Å². The molecule has 1 aliphatic rings. The summed E-state index contributed by atoms with van der Waals surface area (Å²) < 4.78 is 0. The van der Waals surface area contributed by atoms with Crippen LogP contribution in [0.2, 0.25) is 0 Å². The van der Waals surface area contributed by atoms with Gasteiger partial charge in [0.2, 0.25) is 11.8 Å². The van der Waals surface area contributed by atoms with Crippen molar-refractivity contribution in [2.24, 2.45) is 0 Å². The fourth-order valence-corrected chi connectivity index (χ4v) is 2.35. The Morgan fingerprint density at radius 3 is 2.68 bits per heavy atom. The van der Waals surface area contributed by atoms with Gasteiger partial charge >= 0.3 is 0 Å². The Bertz CT molecular complexity index is 657. The number of rotatable bonds is 3. The van der Waals surface area contributed by atoms with Crippen molar-refractivity contribution < 1.29 is 9.59 Å². The van der Waals surface area contributed by atoms with Gasteiger partial charge in [-0.3, -0.25) is 9.59 Å². The summed E-state index contributed by atoms with van der Waals surface area (Å²) in [5, 5.41) is 2.89. The molecule has 0 radical (unpaired) electrons. The van der Waals surface area contributed by atoms with E-state index in [4.69, 9.17) is 0 Å². The van der Waals surface area contributed by atoms with Crippen LogP contribution in [0.1, 0.15) is 32.8 Å². The predicted molar refractivity (Wildman–Crippen MR) is 88.2 cm³/mol. The van der Waals surface area contributed by atoms with Crippen molar-refractivity contribution in [3.05, 3.63) is 53.8 Å². The Kier molecular flexibility index (Phi) is 4.50. The van der Waals surface area contributed by atoms with Crippen molar-refractivity contribution in [3.8, 4) is 0 Å². The largest absolute Gasteiger partial charge is 0.324 e. The molecule has 0 saturated heterocycles. The fraction of sp³-hybridized carbons (Fsp3) is 0.333. The van der Waals surface area contributed by atoms with Gasteiger partial charge in [0.15, 0.2) is 0 Å². The van der Waals surface area contributed by atoms with E-state index in [1.807, 2.05) is 50.3 Å². The third-order valence-electron chi connectivity index (χ3n) is 3.71. The average molecular weight is 298 g/mol. The number of carbonyl (C=O) groups excluding carboxylic acids is 2. The summed E-state index contributed by atoms with van der Waals surface area (Å²) in [6, 6.07) is 7.61. The van der Waals surface area contributed by atoms with E-state index in [1.165, 1.54) is 4.90 Å². The van der Waals surface area contributed by atoms with Gasteiger partial charge < -0.3 is 10.2 Å². The second-order valence-electron chi connectivity index (χ2n) is 6.13. The molecule has 0 aliphatic carbocycles. The molecule has 1 aromatic carbocycles. The first-order valence-electron chi connectivity index (χ1n) is 7.36. The van der Waals surface area contributed by atoms with E-state index in [-0.39, 0.29) is 11.8 Å². The zero-order valence-electron chi connectivity index (χ0n) is 13.5. The summed E-state index contributed by atoms with van der Waals surface area (Å²) in [6.07, 6.45) is 5.76. The van der Waals surface area contributed by atoms with E-state index >= 15 is 0 Å². The second kappa shape index (κ2) is 6.18. The van der Waals surface area contributed by atoms with Crippen molar-refractivity contribution >= 4 is 17.5 Å². The van der Waals surface area contributed by atoms with Crippen LogP contribution in [0.15, 0.2) is 48.2 Å². The molecule has 1 heterocycles. The molecule has 0 fully saturated rings. The molecule has 0 bridgehead atoms. The molecule has 0 unspecified atom stereocenters. The number of hydrogen-bond donors (Lipinski definition) is 1. The van der Waals surface area contributed by atoms with Gasteiger partial charge in [-0.2, -0.15) is 0 Å². The minimum absolute atomic E-state index is 0.0857. The number of allylic oxidation sites excluding steroid dienone is 2. The Balaban J connectivity index is 2.23. The summed E-state index contributed by atoms with van der Waals surface area (Å²) in [6.45, 7) is 7.39. The van der Waals surface area contributed by atoms with E-state index in [9.17, 15) is 9.59 Å². The number of amides is 2. The smallest absolute Gasteiger partial charge is 0.250 e. The van der Waals surface area contributed by atoms with E-state index in [1.54, 1.807) is 20.0 Å². The molecular weight excluding hydrogens is 276 g/mol. The molecule has 2 amide bonds. The Morgan fingerprint density at radius 1 is 1.27 bits per heavy atom. The lowest BCUT2D eigenvalue weighted by Crippen LogP contribution is -2.52. The van der Waals surface area contributed by atoms with Crippen LogP contribution in [0, 0.1) is 6.92 Å². The van der Waals surface area contributed by atoms with Gasteiger partial charge in [0.05, 0.1) is 0 Å². The maximum absolute atomic E-state index is 12.7. The molecule has 0 saturated carbocycles. The zero-order chi connectivity index (χ0) is 16.3. The highest BCUT2D eigenvalue weighted by Crippen LogP contribution is 2.23. The molecule has 22 heavy (non-hydrogen) atoms. The van der Waals surface area contributed by atoms with Crippen LogP contribution in [0.4, 0.5) is 5.69 Å². The SMILES string of the molecule is CC1=CN(C(C)(C)C(=O)Nc2cccc(C)c2)C(=O)CC=C1. The van der Waals surface area contributed by atoms with Crippen molar-refractivity contribution in [3.63, 3.8) is 0 Å². The summed E-state index contributed by atoms with van der Waals surface area (Å²) >= 11 is 0. The highest BCUT2D eigenvalue weighted by Gasteiger charge is 2.37. The molecule has 0 atom stereocenters. The molecule has 2 rings (SSSR count). The fourth-order valence-electron chi connectivity index (χ4n) is 2.35. The standard InChI is InChI=1S/C18H22N2O2/c1-13-7-5-9-15(11-13)19-17(22)18(3,4)20-12-14(2)8-6-10-16(20)21/h5-9,11-12H,10H2,1-4H3,(H,19,22). The Labute approximate surface area is 131 Å². The minimum Gasteiger partial charge on any atom is -0.324 e. The second-order valence-corrected chi connectivity index (χ2v) is 6.13. The van der Waals surface area contributed by atoms with E-state index in [2.05, 4.69) is 5.32 Å². The van der Waals surface area contributed by atoms with Gasteiger partial charge in [0, 0.05) is 18.3 Å². The van der Waals surface area contributed by atoms with Crippen LogP contribution in [0.5, 0.6) is 0 Å². The van der Waals surface area contributed by atoms with Crippen LogP contribution in [-0.2, 0) is 9.59 Å². The lowest BCUT2D eigenvalue weighted by molar-refractivity contribution is -0.139. The zero-order valence-corrected chi connectivity index (χ0v) is 13.5.